The number of carboxylic acids is 1. The maximum atomic E-state index is 13.2. The number of carbonyl (C=O) groups is 5. The molecule has 0 aliphatic rings. The highest BCUT2D eigenvalue weighted by atomic mass is 16.4. The average molecular weight is 539 g/mol. The first-order valence-electron chi connectivity index (χ1n) is 12.0. The number of aliphatic imine (C=N–C) groups is 1. The molecule has 16 heteroatoms. The number of aromatic amines is 1. The molecule has 0 bridgehead atoms. The fraction of sp³-hybridized carbons (Fsp3) is 0.591. The molecule has 0 saturated carbocycles. The Balaban J connectivity index is 3.01. The van der Waals surface area contributed by atoms with Crippen molar-refractivity contribution in [1.82, 2.24) is 25.9 Å². The molecule has 212 valence electrons. The molecule has 1 rings (SSSR count). The second kappa shape index (κ2) is 15.8. The fourth-order valence-corrected chi connectivity index (χ4v) is 3.44. The molecule has 4 atom stereocenters. The molecule has 1 aromatic rings. The lowest BCUT2D eigenvalue weighted by atomic mass is 10.0. The fourth-order valence-electron chi connectivity index (χ4n) is 3.44. The number of primary amides is 1. The number of nitrogens with zero attached hydrogens (tertiary/aromatic N) is 2. The van der Waals surface area contributed by atoms with Gasteiger partial charge < -0.3 is 49.0 Å². The van der Waals surface area contributed by atoms with E-state index in [2.05, 4.69) is 30.9 Å². The Morgan fingerprint density at radius 1 is 1.00 bits per heavy atom. The van der Waals surface area contributed by atoms with E-state index in [1.807, 2.05) is 13.8 Å². The molecule has 16 nitrogen and oxygen atoms in total. The van der Waals surface area contributed by atoms with Crippen LogP contribution in [0.2, 0.25) is 0 Å². The number of aromatic nitrogens is 2. The third-order valence-electron chi connectivity index (χ3n) is 5.27. The lowest BCUT2D eigenvalue weighted by Gasteiger charge is -2.25. The number of carboxylic acid groups (broad SMARTS) is 1. The van der Waals surface area contributed by atoms with Crippen molar-refractivity contribution in [1.29, 1.82) is 0 Å². The zero-order valence-electron chi connectivity index (χ0n) is 21.5. The minimum absolute atomic E-state index is 0.0265. The third-order valence-corrected chi connectivity index (χ3v) is 5.27. The van der Waals surface area contributed by atoms with Crippen LogP contribution in [0.3, 0.4) is 0 Å². The predicted molar refractivity (Wildman–Crippen MR) is 137 cm³/mol. The molecule has 4 unspecified atom stereocenters. The van der Waals surface area contributed by atoms with Crippen molar-refractivity contribution in [3.8, 4) is 0 Å². The summed E-state index contributed by atoms with van der Waals surface area (Å²) in [6, 6.07) is -4.94. The van der Waals surface area contributed by atoms with Crippen molar-refractivity contribution in [2.24, 2.45) is 33.8 Å². The maximum absolute atomic E-state index is 13.2. The molecule has 4 amide bonds. The Morgan fingerprint density at radius 2 is 1.61 bits per heavy atom. The first kappa shape index (κ1) is 31.8. The van der Waals surface area contributed by atoms with E-state index in [0.717, 1.165) is 0 Å². The molecule has 1 aromatic heterocycles. The number of nitrogens with two attached hydrogens (primary N) is 4. The number of H-pyrrole nitrogens is 1. The van der Waals surface area contributed by atoms with Crippen LogP contribution in [0.4, 0.5) is 0 Å². The van der Waals surface area contributed by atoms with Crippen LogP contribution >= 0.6 is 0 Å². The van der Waals surface area contributed by atoms with Gasteiger partial charge in [0.05, 0.1) is 18.8 Å². The number of nitrogens with one attached hydrogen (secondary N) is 4. The van der Waals surface area contributed by atoms with E-state index in [1.165, 1.54) is 12.5 Å². The molecular formula is C22H38N10O6. The molecule has 0 fully saturated rings. The lowest BCUT2D eigenvalue weighted by molar-refractivity contribution is -0.142. The van der Waals surface area contributed by atoms with Crippen LogP contribution in [-0.4, -0.2) is 81.3 Å². The standard InChI is InChI=1S/C22H38N10O6/c1-11(2)6-13(23)18(34)31-15(7-12-9-27-10-29-12)19(35)32-16(8-17(24)33)20(36)30-14(21(37)38)4-3-5-28-22(25)26/h9-11,13-16H,3-8,23H2,1-2H3,(H2,24,33)(H,27,29)(H,30,36)(H,31,34)(H,32,35)(H,37,38)(H4,25,26,28). The van der Waals surface area contributed by atoms with Gasteiger partial charge in [-0.15, -0.1) is 0 Å². The van der Waals surface area contributed by atoms with Crippen molar-refractivity contribution in [3.63, 3.8) is 0 Å². The zero-order valence-corrected chi connectivity index (χ0v) is 21.5. The smallest absolute Gasteiger partial charge is 0.326 e. The topological polar surface area (TPSA) is 287 Å². The van der Waals surface area contributed by atoms with Crippen LogP contribution in [0.15, 0.2) is 17.5 Å². The lowest BCUT2D eigenvalue weighted by Crippen LogP contribution is -2.58. The Bertz CT molecular complexity index is 977. The van der Waals surface area contributed by atoms with E-state index in [9.17, 15) is 29.1 Å². The predicted octanol–water partition coefficient (Wildman–Crippen LogP) is -3.21. The SMILES string of the molecule is CC(C)CC(N)C(=O)NC(Cc1cnc[nH]1)C(=O)NC(CC(N)=O)C(=O)NC(CCCN=C(N)N)C(=O)O. The van der Waals surface area contributed by atoms with E-state index in [0.29, 0.717) is 12.1 Å². The molecule has 0 spiro atoms. The number of carbonyl (C=O) groups excluding carboxylic acids is 4. The van der Waals surface area contributed by atoms with Crippen molar-refractivity contribution >= 4 is 35.6 Å². The van der Waals surface area contributed by atoms with Crippen molar-refractivity contribution in [2.45, 2.75) is 70.1 Å². The Hall–Kier alpha value is -4.21. The summed E-state index contributed by atoms with van der Waals surface area (Å²) in [4.78, 5) is 72.3. The number of hydrogen-bond acceptors (Lipinski definition) is 8. The number of guanidine groups is 1. The molecule has 0 aliphatic heterocycles. The molecule has 38 heavy (non-hydrogen) atoms. The second-order valence-electron chi connectivity index (χ2n) is 9.16. The van der Waals surface area contributed by atoms with E-state index in [1.54, 1.807) is 0 Å². The summed E-state index contributed by atoms with van der Waals surface area (Å²) in [7, 11) is 0. The summed E-state index contributed by atoms with van der Waals surface area (Å²) >= 11 is 0. The molecule has 0 aliphatic carbocycles. The first-order chi connectivity index (χ1) is 17.8. The van der Waals surface area contributed by atoms with Gasteiger partial charge in [0.2, 0.25) is 23.6 Å². The number of aliphatic carboxylic acids is 1. The minimum atomic E-state index is -1.51. The van der Waals surface area contributed by atoms with Crippen LogP contribution in [0, 0.1) is 5.92 Å². The monoisotopic (exact) mass is 538 g/mol. The van der Waals surface area contributed by atoms with Gasteiger partial charge in [-0.05, 0) is 25.2 Å². The van der Waals surface area contributed by atoms with Gasteiger partial charge in [0.25, 0.3) is 0 Å². The number of amides is 4. The molecule has 1 heterocycles. The third kappa shape index (κ3) is 12.2. The number of rotatable bonds is 17. The van der Waals surface area contributed by atoms with E-state index < -0.39 is 60.2 Å². The van der Waals surface area contributed by atoms with Gasteiger partial charge in [0, 0.05) is 24.9 Å². The van der Waals surface area contributed by atoms with Gasteiger partial charge in [-0.1, -0.05) is 13.8 Å². The van der Waals surface area contributed by atoms with Crippen LogP contribution in [0.1, 0.15) is 45.2 Å². The van der Waals surface area contributed by atoms with Gasteiger partial charge in [-0.2, -0.15) is 0 Å². The van der Waals surface area contributed by atoms with Crippen molar-refractivity contribution in [3.05, 3.63) is 18.2 Å². The molecular weight excluding hydrogens is 500 g/mol. The van der Waals surface area contributed by atoms with Gasteiger partial charge in [-0.3, -0.25) is 24.2 Å². The minimum Gasteiger partial charge on any atom is -0.480 e. The van der Waals surface area contributed by atoms with E-state index >= 15 is 0 Å². The maximum Gasteiger partial charge on any atom is 0.326 e. The van der Waals surface area contributed by atoms with Crippen molar-refractivity contribution < 1.29 is 29.1 Å². The van der Waals surface area contributed by atoms with Gasteiger partial charge in [0.1, 0.15) is 18.1 Å². The molecule has 13 N–H and O–H groups in total. The van der Waals surface area contributed by atoms with E-state index in [4.69, 9.17) is 22.9 Å². The van der Waals surface area contributed by atoms with Crippen LogP contribution in [0.5, 0.6) is 0 Å². The zero-order chi connectivity index (χ0) is 28.8. The van der Waals surface area contributed by atoms with Gasteiger partial charge >= 0.3 is 5.97 Å². The molecule has 0 radical (unpaired) electrons. The Kier molecular flexibility index (Phi) is 13.2. The summed E-state index contributed by atoms with van der Waals surface area (Å²) in [5.41, 5.74) is 22.2. The van der Waals surface area contributed by atoms with Gasteiger partial charge in [0.15, 0.2) is 5.96 Å². The number of imidazole rings is 1. The van der Waals surface area contributed by atoms with Crippen LogP contribution < -0.4 is 38.9 Å². The quantitative estimate of drug-likeness (QED) is 0.0543. The summed E-state index contributed by atoms with van der Waals surface area (Å²) in [6.45, 7) is 3.91. The normalized spacial score (nSPS) is 14.0. The highest BCUT2D eigenvalue weighted by molar-refractivity contribution is 5.96. The van der Waals surface area contributed by atoms with E-state index in [-0.39, 0.29) is 37.7 Å². The molecule has 0 saturated heterocycles. The van der Waals surface area contributed by atoms with Crippen molar-refractivity contribution in [2.75, 3.05) is 6.54 Å². The summed E-state index contributed by atoms with van der Waals surface area (Å²) in [5, 5.41) is 16.7. The highest BCUT2D eigenvalue weighted by Gasteiger charge is 2.31. The van der Waals surface area contributed by atoms with Gasteiger partial charge in [-0.25, -0.2) is 9.78 Å². The largest absolute Gasteiger partial charge is 0.480 e. The second-order valence-corrected chi connectivity index (χ2v) is 9.16. The summed E-state index contributed by atoms with van der Waals surface area (Å²) < 4.78 is 0. The highest BCUT2D eigenvalue weighted by Crippen LogP contribution is 2.06. The summed E-state index contributed by atoms with van der Waals surface area (Å²) in [6.07, 6.45) is 2.77. The van der Waals surface area contributed by atoms with Crippen LogP contribution in [-0.2, 0) is 30.4 Å². The molecule has 0 aromatic carbocycles. The Morgan fingerprint density at radius 3 is 2.13 bits per heavy atom. The van der Waals surface area contributed by atoms with Crippen LogP contribution in [0.25, 0.3) is 0 Å². The Labute approximate surface area is 219 Å². The average Bonchev–Trinajstić information content (AvgIpc) is 3.32. The number of hydrogen-bond donors (Lipinski definition) is 9. The summed E-state index contributed by atoms with van der Waals surface area (Å²) in [5.74, 6) is -4.64. The first-order valence-corrected chi connectivity index (χ1v) is 12.0.